The molecule has 0 aliphatic heterocycles. The van der Waals surface area contributed by atoms with Crippen LogP contribution in [0, 0.1) is 0 Å². The molecule has 0 aromatic heterocycles. The van der Waals surface area contributed by atoms with Gasteiger partial charge in [0.05, 0.1) is 11.1 Å². The summed E-state index contributed by atoms with van der Waals surface area (Å²) in [6.07, 6.45) is 0. The molecule has 0 N–H and O–H groups in total. The Balaban J connectivity index is 1.52. The normalized spacial score (nSPS) is 13.0. The molecule has 0 spiro atoms. The molecule has 1 aliphatic carbocycles. The van der Waals surface area contributed by atoms with Crippen molar-refractivity contribution in [3.63, 3.8) is 0 Å². The zero-order chi connectivity index (χ0) is 27.9. The van der Waals surface area contributed by atoms with Crippen LogP contribution in [0.4, 0.5) is 17.1 Å². The average molecular weight is 536 g/mol. The van der Waals surface area contributed by atoms with Crippen LogP contribution < -0.4 is 4.90 Å². The van der Waals surface area contributed by atoms with E-state index in [-0.39, 0.29) is 0 Å². The lowest BCUT2D eigenvalue weighted by Crippen LogP contribution is -2.33. The highest BCUT2D eigenvalue weighted by Gasteiger charge is 2.44. The largest absolute Gasteiger partial charge is 0.310 e. The lowest BCUT2D eigenvalue weighted by Gasteiger charge is -2.42. The van der Waals surface area contributed by atoms with Gasteiger partial charge in [0, 0.05) is 16.8 Å². The molecule has 1 heteroatoms. The minimum absolute atomic E-state index is 0.464. The Morgan fingerprint density at radius 1 is 0.357 bits per heavy atom. The van der Waals surface area contributed by atoms with E-state index in [2.05, 4.69) is 181 Å². The van der Waals surface area contributed by atoms with Crippen LogP contribution in [0.25, 0.3) is 21.9 Å². The maximum atomic E-state index is 2.39. The molecule has 0 saturated heterocycles. The highest BCUT2D eigenvalue weighted by Crippen LogP contribution is 2.56. The summed E-state index contributed by atoms with van der Waals surface area (Å²) in [5.41, 5.74) is 10.7. The Kier molecular flexibility index (Phi) is 5.75. The third-order valence-electron chi connectivity index (χ3n) is 8.73. The smallest absolute Gasteiger partial charge is 0.0713 e. The molecule has 1 nitrogen and oxygen atoms in total. The topological polar surface area (TPSA) is 3.24 Å². The first-order chi connectivity index (χ1) is 20.9. The van der Waals surface area contributed by atoms with Crippen molar-refractivity contribution in [3.8, 4) is 11.1 Å². The molecule has 1 aliphatic rings. The van der Waals surface area contributed by atoms with Crippen LogP contribution >= 0.6 is 0 Å². The molecule has 8 rings (SSSR count). The van der Waals surface area contributed by atoms with Crippen LogP contribution in [0.15, 0.2) is 176 Å². The van der Waals surface area contributed by atoms with Gasteiger partial charge in [-0.25, -0.2) is 0 Å². The molecule has 0 radical (unpaired) electrons. The summed E-state index contributed by atoms with van der Waals surface area (Å²) >= 11 is 0. The van der Waals surface area contributed by atoms with Gasteiger partial charge < -0.3 is 4.90 Å². The summed E-state index contributed by atoms with van der Waals surface area (Å²) in [7, 11) is 0. The maximum absolute atomic E-state index is 2.39. The van der Waals surface area contributed by atoms with E-state index in [0.717, 1.165) is 11.4 Å². The number of anilines is 3. The van der Waals surface area contributed by atoms with Crippen LogP contribution in [-0.4, -0.2) is 0 Å². The molecule has 0 heterocycles. The average Bonchev–Trinajstić information content (AvgIpc) is 3.08. The van der Waals surface area contributed by atoms with Gasteiger partial charge in [0.1, 0.15) is 0 Å². The molecule has 42 heavy (non-hydrogen) atoms. The summed E-state index contributed by atoms with van der Waals surface area (Å²) in [4.78, 5) is 2.39. The lowest BCUT2D eigenvalue weighted by molar-refractivity contribution is 0.750. The van der Waals surface area contributed by atoms with Gasteiger partial charge in [-0.2, -0.15) is 0 Å². The van der Waals surface area contributed by atoms with E-state index in [1.807, 2.05) is 0 Å². The Bertz CT molecular complexity index is 1930. The van der Waals surface area contributed by atoms with E-state index in [1.165, 1.54) is 49.8 Å². The zero-order valence-corrected chi connectivity index (χ0v) is 23.2. The summed E-state index contributed by atoms with van der Waals surface area (Å²) in [5.74, 6) is 0. The number of rotatable bonds is 5. The molecule has 7 aromatic rings. The van der Waals surface area contributed by atoms with Gasteiger partial charge in [0.2, 0.25) is 0 Å². The van der Waals surface area contributed by atoms with Crippen molar-refractivity contribution < 1.29 is 0 Å². The maximum Gasteiger partial charge on any atom is 0.0713 e. The van der Waals surface area contributed by atoms with Crippen molar-refractivity contribution in [3.05, 3.63) is 198 Å². The van der Waals surface area contributed by atoms with Gasteiger partial charge in [-0.15, -0.1) is 0 Å². The molecule has 0 atom stereocenters. The molecule has 0 fully saturated rings. The van der Waals surface area contributed by atoms with E-state index >= 15 is 0 Å². The Labute approximate surface area is 247 Å². The third kappa shape index (κ3) is 3.57. The van der Waals surface area contributed by atoms with E-state index in [4.69, 9.17) is 0 Å². The monoisotopic (exact) mass is 535 g/mol. The number of para-hydroxylation sites is 2. The SMILES string of the molecule is c1ccc(N(c2ccccc2)c2ccc3c4c(cccc24)C(c2ccccc2)(c2ccccc2)c2ccccc2-3)cc1. The Morgan fingerprint density at radius 3 is 1.45 bits per heavy atom. The van der Waals surface area contributed by atoms with E-state index < -0.39 is 5.41 Å². The van der Waals surface area contributed by atoms with Crippen LogP contribution in [0.5, 0.6) is 0 Å². The van der Waals surface area contributed by atoms with Crippen LogP contribution in [0.3, 0.4) is 0 Å². The number of hydrogen-bond acceptors (Lipinski definition) is 1. The molecule has 0 bridgehead atoms. The van der Waals surface area contributed by atoms with Gasteiger partial charge in [0.25, 0.3) is 0 Å². The highest BCUT2D eigenvalue weighted by molar-refractivity contribution is 6.11. The summed E-state index contributed by atoms with van der Waals surface area (Å²) < 4.78 is 0. The standard InChI is InChI=1S/C41H29N/c1-5-16-30(17-6-1)41(31-18-7-2-8-19-31)37-26-14-13-24-34(37)35-28-29-39(36-25-15-27-38(41)40(35)36)42(32-20-9-3-10-21-32)33-22-11-4-12-23-33/h1-29H. The quantitative estimate of drug-likeness (QED) is 0.212. The fourth-order valence-electron chi connectivity index (χ4n) is 7.06. The van der Waals surface area contributed by atoms with E-state index in [0.29, 0.717) is 0 Å². The molecular weight excluding hydrogens is 506 g/mol. The van der Waals surface area contributed by atoms with Gasteiger partial charge >= 0.3 is 0 Å². The van der Waals surface area contributed by atoms with Crippen molar-refractivity contribution in [1.82, 2.24) is 0 Å². The van der Waals surface area contributed by atoms with Crippen molar-refractivity contribution >= 4 is 27.8 Å². The lowest BCUT2D eigenvalue weighted by atomic mass is 9.59. The summed E-state index contributed by atoms with van der Waals surface area (Å²) in [6.45, 7) is 0. The Hall–Kier alpha value is -5.40. The summed E-state index contributed by atoms with van der Waals surface area (Å²) in [5, 5.41) is 2.54. The molecule has 0 unspecified atom stereocenters. The van der Waals surface area contributed by atoms with E-state index in [9.17, 15) is 0 Å². The third-order valence-corrected chi connectivity index (χ3v) is 8.73. The second-order valence-electron chi connectivity index (χ2n) is 10.9. The zero-order valence-electron chi connectivity index (χ0n) is 23.2. The predicted octanol–water partition coefficient (Wildman–Crippen LogP) is 10.7. The van der Waals surface area contributed by atoms with Gasteiger partial charge in [-0.3, -0.25) is 0 Å². The number of fused-ring (bicyclic) bond motifs is 2. The number of nitrogens with zero attached hydrogens (tertiary/aromatic N) is 1. The van der Waals surface area contributed by atoms with Gasteiger partial charge in [0.15, 0.2) is 0 Å². The minimum atomic E-state index is -0.464. The van der Waals surface area contributed by atoms with Crippen molar-refractivity contribution in [2.75, 3.05) is 4.90 Å². The second kappa shape index (κ2) is 9.90. The molecular formula is C41H29N. The van der Waals surface area contributed by atoms with Crippen molar-refractivity contribution in [1.29, 1.82) is 0 Å². The molecule has 0 saturated carbocycles. The van der Waals surface area contributed by atoms with Crippen LogP contribution in [0.1, 0.15) is 22.3 Å². The fraction of sp³-hybridized carbons (Fsp3) is 0.0244. The molecule has 198 valence electrons. The van der Waals surface area contributed by atoms with Crippen molar-refractivity contribution in [2.45, 2.75) is 5.41 Å². The first-order valence-corrected chi connectivity index (χ1v) is 14.5. The highest BCUT2D eigenvalue weighted by atomic mass is 15.1. The van der Waals surface area contributed by atoms with Crippen molar-refractivity contribution in [2.24, 2.45) is 0 Å². The number of benzene rings is 7. The second-order valence-corrected chi connectivity index (χ2v) is 10.9. The predicted molar refractivity (Wildman–Crippen MR) is 176 cm³/mol. The van der Waals surface area contributed by atoms with E-state index in [1.54, 1.807) is 0 Å². The summed E-state index contributed by atoms with van der Waals surface area (Å²) in [6, 6.07) is 63.9. The van der Waals surface area contributed by atoms with Gasteiger partial charge in [-0.05, 0) is 69.1 Å². The number of hydrogen-bond donors (Lipinski definition) is 0. The van der Waals surface area contributed by atoms with Crippen LogP contribution in [0.2, 0.25) is 0 Å². The fourth-order valence-corrected chi connectivity index (χ4v) is 7.06. The first kappa shape index (κ1) is 24.4. The minimum Gasteiger partial charge on any atom is -0.310 e. The Morgan fingerprint density at radius 2 is 0.857 bits per heavy atom. The first-order valence-electron chi connectivity index (χ1n) is 14.5. The molecule has 0 amide bonds. The molecule has 7 aromatic carbocycles. The van der Waals surface area contributed by atoms with Gasteiger partial charge in [-0.1, -0.05) is 146 Å². The van der Waals surface area contributed by atoms with Crippen LogP contribution in [-0.2, 0) is 5.41 Å².